The van der Waals surface area contributed by atoms with Crippen LogP contribution in [0.5, 0.6) is 5.75 Å². The maximum absolute atomic E-state index is 12.3. The first kappa shape index (κ1) is 18.1. The van der Waals surface area contributed by atoms with Crippen LogP contribution in [0.15, 0.2) is 48.5 Å². The highest BCUT2D eigenvalue weighted by atomic mass is 16.5. The molecule has 24 heavy (non-hydrogen) atoms. The maximum Gasteiger partial charge on any atom is 0.260 e. The third-order valence-corrected chi connectivity index (χ3v) is 3.97. The molecule has 0 unspecified atom stereocenters. The van der Waals surface area contributed by atoms with E-state index in [1.54, 1.807) is 6.92 Å². The van der Waals surface area contributed by atoms with E-state index < -0.39 is 6.10 Å². The van der Waals surface area contributed by atoms with Gasteiger partial charge in [0.1, 0.15) is 5.75 Å². The molecule has 0 radical (unpaired) electrons. The number of nitrogens with one attached hydrogen (secondary N) is 1. The number of carbonyl (C=O) groups is 1. The molecule has 2 aromatic carbocycles. The Morgan fingerprint density at radius 3 is 2.29 bits per heavy atom. The molecule has 0 aromatic heterocycles. The predicted octanol–water partition coefficient (Wildman–Crippen LogP) is 4.21. The Morgan fingerprint density at radius 1 is 1.04 bits per heavy atom. The van der Waals surface area contributed by atoms with Crippen LogP contribution < -0.4 is 10.1 Å². The molecule has 1 amide bonds. The highest BCUT2D eigenvalue weighted by Crippen LogP contribution is 2.17. The van der Waals surface area contributed by atoms with Gasteiger partial charge >= 0.3 is 0 Å². The van der Waals surface area contributed by atoms with E-state index in [0.29, 0.717) is 0 Å². The van der Waals surface area contributed by atoms with E-state index in [0.717, 1.165) is 29.7 Å². The lowest BCUT2D eigenvalue weighted by Crippen LogP contribution is -2.41. The fourth-order valence-electron chi connectivity index (χ4n) is 2.72. The van der Waals surface area contributed by atoms with Crippen molar-refractivity contribution in [3.8, 4) is 5.75 Å². The van der Waals surface area contributed by atoms with E-state index in [1.165, 1.54) is 5.56 Å². The van der Waals surface area contributed by atoms with Crippen LogP contribution in [0.4, 0.5) is 0 Å². The van der Waals surface area contributed by atoms with Crippen molar-refractivity contribution in [3.63, 3.8) is 0 Å². The summed E-state index contributed by atoms with van der Waals surface area (Å²) in [5, 5.41) is 3.04. The second-order valence-electron chi connectivity index (χ2n) is 6.52. The van der Waals surface area contributed by atoms with Gasteiger partial charge in [-0.25, -0.2) is 0 Å². The normalized spacial score (nSPS) is 13.2. The van der Waals surface area contributed by atoms with Crippen LogP contribution in [0.2, 0.25) is 0 Å². The SMILES string of the molecule is Cc1cc(C)cc(O[C@@H](C)C(=O)N[C@H](C)CCc2ccccc2)c1. The molecule has 1 N–H and O–H groups in total. The molecule has 0 saturated heterocycles. The van der Waals surface area contributed by atoms with Gasteiger partial charge in [-0.15, -0.1) is 0 Å². The van der Waals surface area contributed by atoms with Crippen molar-refractivity contribution < 1.29 is 9.53 Å². The number of rotatable bonds is 7. The fourth-order valence-corrected chi connectivity index (χ4v) is 2.72. The minimum absolute atomic E-state index is 0.0743. The van der Waals surface area contributed by atoms with Crippen molar-refractivity contribution in [2.45, 2.75) is 52.7 Å². The molecule has 0 heterocycles. The average Bonchev–Trinajstić information content (AvgIpc) is 2.53. The van der Waals surface area contributed by atoms with Crippen molar-refractivity contribution in [1.29, 1.82) is 0 Å². The van der Waals surface area contributed by atoms with E-state index in [9.17, 15) is 4.79 Å². The smallest absolute Gasteiger partial charge is 0.260 e. The van der Waals surface area contributed by atoms with Gasteiger partial charge in [0.05, 0.1) is 0 Å². The number of aryl methyl sites for hydroxylation is 3. The minimum atomic E-state index is -0.509. The van der Waals surface area contributed by atoms with E-state index in [2.05, 4.69) is 23.5 Å². The second kappa shape index (κ2) is 8.53. The summed E-state index contributed by atoms with van der Waals surface area (Å²) in [6.07, 6.45) is 1.35. The fraction of sp³-hybridized carbons (Fsp3) is 0.381. The molecule has 0 bridgehead atoms. The molecular formula is C21H27NO2. The zero-order valence-corrected chi connectivity index (χ0v) is 15.0. The van der Waals surface area contributed by atoms with Gasteiger partial charge in [0.15, 0.2) is 6.10 Å². The van der Waals surface area contributed by atoms with Crippen molar-refractivity contribution >= 4 is 5.91 Å². The molecule has 0 aliphatic carbocycles. The largest absolute Gasteiger partial charge is 0.481 e. The Kier molecular flexibility index (Phi) is 6.42. The number of benzene rings is 2. The van der Waals surface area contributed by atoms with Crippen molar-refractivity contribution in [2.24, 2.45) is 0 Å². The third kappa shape index (κ3) is 5.73. The minimum Gasteiger partial charge on any atom is -0.481 e. The number of hydrogen-bond acceptors (Lipinski definition) is 2. The van der Waals surface area contributed by atoms with Crippen LogP contribution in [0.25, 0.3) is 0 Å². The molecule has 0 aliphatic heterocycles. The van der Waals surface area contributed by atoms with Crippen LogP contribution >= 0.6 is 0 Å². The summed E-state index contributed by atoms with van der Waals surface area (Å²) in [5.41, 5.74) is 3.56. The highest BCUT2D eigenvalue weighted by molar-refractivity contribution is 5.81. The van der Waals surface area contributed by atoms with Gasteiger partial charge in [0.25, 0.3) is 5.91 Å². The van der Waals surface area contributed by atoms with Crippen LogP contribution in [-0.2, 0) is 11.2 Å². The monoisotopic (exact) mass is 325 g/mol. The van der Waals surface area contributed by atoms with Crippen LogP contribution in [0.3, 0.4) is 0 Å². The molecule has 2 atom stereocenters. The Hall–Kier alpha value is -2.29. The summed E-state index contributed by atoms with van der Waals surface area (Å²) in [6.45, 7) is 7.87. The predicted molar refractivity (Wildman–Crippen MR) is 98.4 cm³/mol. The molecule has 128 valence electrons. The van der Waals surface area contributed by atoms with E-state index in [-0.39, 0.29) is 11.9 Å². The number of carbonyl (C=O) groups excluding carboxylic acids is 1. The molecule has 2 rings (SSSR count). The summed E-state index contributed by atoms with van der Waals surface area (Å²) in [4.78, 5) is 12.3. The summed E-state index contributed by atoms with van der Waals surface area (Å²) in [7, 11) is 0. The van der Waals surface area contributed by atoms with Gasteiger partial charge in [-0.2, -0.15) is 0 Å². The number of ether oxygens (including phenoxy) is 1. The molecule has 3 heteroatoms. The molecule has 0 fully saturated rings. The summed E-state index contributed by atoms with van der Waals surface area (Å²) in [6, 6.07) is 16.4. The lowest BCUT2D eigenvalue weighted by Gasteiger charge is -2.19. The van der Waals surface area contributed by atoms with Gasteiger partial charge in [-0.05, 0) is 69.4 Å². The van der Waals surface area contributed by atoms with Gasteiger partial charge in [-0.1, -0.05) is 36.4 Å². The van der Waals surface area contributed by atoms with Gasteiger partial charge in [0, 0.05) is 6.04 Å². The quantitative estimate of drug-likeness (QED) is 0.828. The van der Waals surface area contributed by atoms with E-state index >= 15 is 0 Å². The standard InChI is InChI=1S/C21H27NO2/c1-15-12-16(2)14-20(13-15)24-18(4)21(23)22-17(3)10-11-19-8-6-5-7-9-19/h5-9,12-14,17-18H,10-11H2,1-4H3,(H,22,23)/t17-,18+/m1/s1. The first-order valence-electron chi connectivity index (χ1n) is 8.53. The molecule has 0 spiro atoms. The Balaban J connectivity index is 1.82. The van der Waals surface area contributed by atoms with E-state index in [4.69, 9.17) is 4.74 Å². The van der Waals surface area contributed by atoms with Gasteiger partial charge in [-0.3, -0.25) is 4.79 Å². The molecule has 0 aliphatic rings. The zero-order valence-electron chi connectivity index (χ0n) is 15.0. The second-order valence-corrected chi connectivity index (χ2v) is 6.52. The van der Waals surface area contributed by atoms with Crippen molar-refractivity contribution in [3.05, 3.63) is 65.2 Å². The van der Waals surface area contributed by atoms with Gasteiger partial charge in [0.2, 0.25) is 0 Å². The Labute approximate surface area is 145 Å². The zero-order chi connectivity index (χ0) is 17.5. The molecular weight excluding hydrogens is 298 g/mol. The first-order valence-corrected chi connectivity index (χ1v) is 8.53. The van der Waals surface area contributed by atoms with Gasteiger partial charge < -0.3 is 10.1 Å². The third-order valence-electron chi connectivity index (χ3n) is 3.97. The van der Waals surface area contributed by atoms with Crippen LogP contribution in [-0.4, -0.2) is 18.1 Å². The van der Waals surface area contributed by atoms with Crippen LogP contribution in [0.1, 0.15) is 37.0 Å². The first-order chi connectivity index (χ1) is 11.4. The maximum atomic E-state index is 12.3. The summed E-state index contributed by atoms with van der Waals surface area (Å²) in [5.74, 6) is 0.668. The van der Waals surface area contributed by atoms with Crippen molar-refractivity contribution in [1.82, 2.24) is 5.32 Å². The molecule has 2 aromatic rings. The Morgan fingerprint density at radius 2 is 1.67 bits per heavy atom. The Bertz CT molecular complexity index is 647. The molecule has 0 saturated carbocycles. The van der Waals surface area contributed by atoms with Crippen molar-refractivity contribution in [2.75, 3.05) is 0 Å². The summed E-state index contributed by atoms with van der Waals surface area (Å²) >= 11 is 0. The number of hydrogen-bond donors (Lipinski definition) is 1. The topological polar surface area (TPSA) is 38.3 Å². The highest BCUT2D eigenvalue weighted by Gasteiger charge is 2.17. The lowest BCUT2D eigenvalue weighted by atomic mass is 10.1. The summed E-state index contributed by atoms with van der Waals surface area (Å²) < 4.78 is 5.79. The lowest BCUT2D eigenvalue weighted by molar-refractivity contribution is -0.127. The van der Waals surface area contributed by atoms with Crippen LogP contribution in [0, 0.1) is 13.8 Å². The average molecular weight is 325 g/mol. The number of amides is 1. The van der Waals surface area contributed by atoms with E-state index in [1.807, 2.05) is 51.1 Å². The molecule has 3 nitrogen and oxygen atoms in total.